The minimum atomic E-state index is -2.94. The molecule has 0 saturated carbocycles. The zero-order chi connectivity index (χ0) is 18.2. The first-order chi connectivity index (χ1) is 11.8. The number of hydrogen-bond acceptors (Lipinski definition) is 4. The van der Waals surface area contributed by atoms with Gasteiger partial charge in [-0.3, -0.25) is 0 Å². The average Bonchev–Trinajstić information content (AvgIpc) is 2.83. The Balaban J connectivity index is 2.10. The fourth-order valence-corrected chi connectivity index (χ4v) is 2.92. The smallest absolute Gasteiger partial charge is 0.387 e. The highest BCUT2D eigenvalue weighted by molar-refractivity contribution is 5.81. The first kappa shape index (κ1) is 17.1. The molecule has 1 aliphatic heterocycles. The van der Waals surface area contributed by atoms with Gasteiger partial charge in [-0.1, -0.05) is 12.1 Å². The Labute approximate surface area is 141 Å². The normalized spacial score (nSPS) is 20.1. The van der Waals surface area contributed by atoms with Gasteiger partial charge in [0.15, 0.2) is 5.96 Å². The Kier molecular flexibility index (Phi) is 4.28. The fraction of sp³-hybridized carbons (Fsp3) is 0.235. The van der Waals surface area contributed by atoms with E-state index in [-0.39, 0.29) is 23.8 Å². The molecular formula is C17H15F4N3O. The van der Waals surface area contributed by atoms with Crippen LogP contribution in [0.5, 0.6) is 5.75 Å². The molecule has 25 heavy (non-hydrogen) atoms. The summed E-state index contributed by atoms with van der Waals surface area (Å²) in [5.74, 6) is -1.30. The quantitative estimate of drug-likeness (QED) is 0.860. The number of aliphatic imine (C=N–C) groups is 1. The zero-order valence-corrected chi connectivity index (χ0v) is 13.2. The number of hydrogen-bond donors (Lipinski definition) is 1. The van der Waals surface area contributed by atoms with E-state index in [0.29, 0.717) is 5.56 Å². The number of nitrogens with two attached hydrogens (primary N) is 1. The van der Waals surface area contributed by atoms with Crippen LogP contribution in [-0.4, -0.2) is 31.1 Å². The molecule has 0 fully saturated rings. The predicted molar refractivity (Wildman–Crippen MR) is 84.5 cm³/mol. The largest absolute Gasteiger partial charge is 0.435 e. The van der Waals surface area contributed by atoms with Crippen LogP contribution in [0.25, 0.3) is 0 Å². The third kappa shape index (κ3) is 3.24. The van der Waals surface area contributed by atoms with Crippen molar-refractivity contribution in [3.05, 3.63) is 65.2 Å². The molecule has 0 radical (unpaired) electrons. The van der Waals surface area contributed by atoms with Crippen molar-refractivity contribution in [3.8, 4) is 5.75 Å². The van der Waals surface area contributed by atoms with E-state index < -0.39 is 23.8 Å². The molecule has 0 bridgehead atoms. The van der Waals surface area contributed by atoms with Crippen molar-refractivity contribution in [1.82, 2.24) is 4.90 Å². The second-order valence-corrected chi connectivity index (χ2v) is 5.75. The van der Waals surface area contributed by atoms with E-state index in [2.05, 4.69) is 9.73 Å². The maximum atomic E-state index is 13.7. The van der Waals surface area contributed by atoms with E-state index in [1.54, 1.807) is 11.9 Å². The Hall–Kier alpha value is -2.77. The molecule has 132 valence electrons. The highest BCUT2D eigenvalue weighted by Crippen LogP contribution is 2.39. The maximum absolute atomic E-state index is 13.7. The van der Waals surface area contributed by atoms with E-state index in [9.17, 15) is 17.6 Å². The van der Waals surface area contributed by atoms with Gasteiger partial charge in [0.05, 0.1) is 6.54 Å². The third-order valence-corrected chi connectivity index (χ3v) is 4.06. The Morgan fingerprint density at radius 1 is 1.08 bits per heavy atom. The summed E-state index contributed by atoms with van der Waals surface area (Å²) in [6.07, 6.45) is 0. The molecule has 1 aliphatic rings. The maximum Gasteiger partial charge on any atom is 0.387 e. The molecule has 8 heteroatoms. The minimum absolute atomic E-state index is 0.0253. The summed E-state index contributed by atoms with van der Waals surface area (Å²) < 4.78 is 56.4. The number of ether oxygens (including phenoxy) is 1. The number of likely N-dealkylation sites (N-methyl/N-ethyl adjacent to an activating group) is 1. The average molecular weight is 353 g/mol. The van der Waals surface area contributed by atoms with Gasteiger partial charge in [0, 0.05) is 13.1 Å². The molecule has 0 aliphatic carbocycles. The van der Waals surface area contributed by atoms with Crippen molar-refractivity contribution in [1.29, 1.82) is 0 Å². The third-order valence-electron chi connectivity index (χ3n) is 4.06. The minimum Gasteiger partial charge on any atom is -0.435 e. The SMILES string of the molecule is CN1CC(c2ccc(OC(F)F)cc2)(c2cc(F)cc(F)c2)N=C1N. The van der Waals surface area contributed by atoms with Crippen LogP contribution < -0.4 is 10.5 Å². The molecule has 2 N–H and O–H groups in total. The van der Waals surface area contributed by atoms with Crippen molar-refractivity contribution >= 4 is 5.96 Å². The summed E-state index contributed by atoms with van der Waals surface area (Å²) in [6, 6.07) is 8.88. The van der Waals surface area contributed by atoms with Crippen LogP contribution in [0.3, 0.4) is 0 Å². The van der Waals surface area contributed by atoms with Crippen molar-refractivity contribution in [2.45, 2.75) is 12.2 Å². The molecule has 0 aromatic heterocycles. The Morgan fingerprint density at radius 3 is 2.16 bits per heavy atom. The molecule has 2 aromatic carbocycles. The highest BCUT2D eigenvalue weighted by atomic mass is 19.3. The summed E-state index contributed by atoms with van der Waals surface area (Å²) in [6.45, 7) is -2.69. The Bertz CT molecular complexity index is 790. The molecule has 0 spiro atoms. The van der Waals surface area contributed by atoms with Crippen molar-refractivity contribution in [2.24, 2.45) is 10.7 Å². The van der Waals surface area contributed by atoms with Crippen molar-refractivity contribution in [2.75, 3.05) is 13.6 Å². The number of benzene rings is 2. The molecule has 1 unspecified atom stereocenters. The summed E-state index contributed by atoms with van der Waals surface area (Å²) in [5.41, 5.74) is 5.54. The molecule has 0 amide bonds. The lowest BCUT2D eigenvalue weighted by molar-refractivity contribution is -0.0498. The summed E-state index contributed by atoms with van der Waals surface area (Å²) in [7, 11) is 1.70. The van der Waals surface area contributed by atoms with Crippen molar-refractivity contribution in [3.63, 3.8) is 0 Å². The lowest BCUT2D eigenvalue weighted by Gasteiger charge is -2.28. The topological polar surface area (TPSA) is 50.8 Å². The van der Waals surface area contributed by atoms with Gasteiger partial charge in [-0.05, 0) is 35.4 Å². The molecule has 3 rings (SSSR count). The van der Waals surface area contributed by atoms with E-state index in [4.69, 9.17) is 5.73 Å². The van der Waals surface area contributed by atoms with Gasteiger partial charge in [0.25, 0.3) is 0 Å². The van der Waals surface area contributed by atoms with E-state index in [1.165, 1.54) is 36.4 Å². The zero-order valence-electron chi connectivity index (χ0n) is 13.2. The number of guanidine groups is 1. The molecule has 1 atom stereocenters. The predicted octanol–water partition coefficient (Wildman–Crippen LogP) is 3.07. The van der Waals surface area contributed by atoms with Gasteiger partial charge >= 0.3 is 6.61 Å². The standard InChI is InChI=1S/C17H15F4N3O/c1-24-9-17(23-16(24)22,11-6-12(18)8-13(19)7-11)10-2-4-14(5-3-10)25-15(20)21/h2-8,15H,9H2,1H3,(H2,22,23). The molecular weight excluding hydrogens is 338 g/mol. The monoisotopic (exact) mass is 353 g/mol. The molecule has 4 nitrogen and oxygen atoms in total. The van der Waals surface area contributed by atoms with E-state index in [1.807, 2.05) is 0 Å². The van der Waals surface area contributed by atoms with Crippen molar-refractivity contribution < 1.29 is 22.3 Å². The summed E-state index contributed by atoms with van der Waals surface area (Å²) in [5, 5.41) is 0. The highest BCUT2D eigenvalue weighted by Gasteiger charge is 2.41. The van der Waals surface area contributed by atoms with Gasteiger partial charge in [-0.2, -0.15) is 8.78 Å². The van der Waals surface area contributed by atoms with E-state index in [0.717, 1.165) is 6.07 Å². The number of rotatable bonds is 4. The van der Waals surface area contributed by atoms with Crippen LogP contribution in [-0.2, 0) is 5.54 Å². The Morgan fingerprint density at radius 2 is 1.68 bits per heavy atom. The lowest BCUT2D eigenvalue weighted by Crippen LogP contribution is -2.35. The van der Waals surface area contributed by atoms with Gasteiger partial charge in [0.1, 0.15) is 22.9 Å². The summed E-state index contributed by atoms with van der Waals surface area (Å²) >= 11 is 0. The van der Waals surface area contributed by atoms with E-state index >= 15 is 0 Å². The molecule has 0 saturated heterocycles. The van der Waals surface area contributed by atoms with Gasteiger partial charge in [-0.25, -0.2) is 13.8 Å². The van der Waals surface area contributed by atoms with Crippen LogP contribution in [0, 0.1) is 11.6 Å². The van der Waals surface area contributed by atoms with Gasteiger partial charge in [0.2, 0.25) is 0 Å². The number of halogens is 4. The van der Waals surface area contributed by atoms with Crippen LogP contribution in [0.1, 0.15) is 11.1 Å². The van der Waals surface area contributed by atoms with Crippen LogP contribution >= 0.6 is 0 Å². The first-order valence-corrected chi connectivity index (χ1v) is 7.38. The lowest BCUT2D eigenvalue weighted by atomic mass is 9.83. The first-order valence-electron chi connectivity index (χ1n) is 7.38. The van der Waals surface area contributed by atoms with Gasteiger partial charge < -0.3 is 15.4 Å². The summed E-state index contributed by atoms with van der Waals surface area (Å²) in [4.78, 5) is 6.06. The van der Waals surface area contributed by atoms with Gasteiger partial charge in [-0.15, -0.1) is 0 Å². The number of nitrogens with zero attached hydrogens (tertiary/aromatic N) is 2. The second-order valence-electron chi connectivity index (χ2n) is 5.75. The fourth-order valence-electron chi connectivity index (χ4n) is 2.92. The second kappa shape index (κ2) is 6.27. The van der Waals surface area contributed by atoms with Crippen LogP contribution in [0.4, 0.5) is 17.6 Å². The van der Waals surface area contributed by atoms with Crippen LogP contribution in [0.2, 0.25) is 0 Å². The molecule has 1 heterocycles. The number of alkyl halides is 2. The van der Waals surface area contributed by atoms with Crippen LogP contribution in [0.15, 0.2) is 47.5 Å². The molecule has 2 aromatic rings.